The minimum absolute atomic E-state index is 0.520. The van der Waals surface area contributed by atoms with Crippen molar-refractivity contribution in [2.24, 2.45) is 4.99 Å². The van der Waals surface area contributed by atoms with E-state index in [1.54, 1.807) is 7.05 Å². The van der Waals surface area contributed by atoms with Crippen LogP contribution in [0, 0.1) is 0 Å². The van der Waals surface area contributed by atoms with Crippen LogP contribution in [0.2, 0.25) is 0 Å². The molecule has 1 aromatic rings. The van der Waals surface area contributed by atoms with E-state index in [0.717, 1.165) is 43.0 Å². The molecule has 1 aromatic carbocycles. The van der Waals surface area contributed by atoms with Crippen LogP contribution in [0.15, 0.2) is 52.5 Å². The first-order chi connectivity index (χ1) is 10.1. The summed E-state index contributed by atoms with van der Waals surface area (Å²) in [5.74, 6) is 0. The van der Waals surface area contributed by atoms with Crippen LogP contribution < -0.4 is 10.2 Å². The van der Waals surface area contributed by atoms with Gasteiger partial charge in [0.15, 0.2) is 0 Å². The first-order valence-corrected chi connectivity index (χ1v) is 7.55. The molecule has 3 nitrogen and oxygen atoms in total. The van der Waals surface area contributed by atoms with Gasteiger partial charge in [-0.2, -0.15) is 0 Å². The van der Waals surface area contributed by atoms with E-state index in [1.807, 2.05) is 13.0 Å². The summed E-state index contributed by atoms with van der Waals surface area (Å²) in [5.41, 5.74) is 4.33. The van der Waals surface area contributed by atoms with Gasteiger partial charge < -0.3 is 10.2 Å². The summed E-state index contributed by atoms with van der Waals surface area (Å²) in [6.45, 7) is 9.86. The number of nitrogens with zero attached hydrogens (tertiary/aromatic N) is 2. The molecule has 1 heterocycles. The van der Waals surface area contributed by atoms with Crippen LogP contribution in [0.1, 0.15) is 12.5 Å². The maximum absolute atomic E-state index is 5.87. The Bertz CT molecular complexity index is 569. The largest absolute Gasteiger partial charge is 0.369 e. The number of hydrogen-bond donors (Lipinski definition) is 1. The smallest absolute Gasteiger partial charge is 0.0673 e. The van der Waals surface area contributed by atoms with E-state index in [0.29, 0.717) is 5.03 Å². The van der Waals surface area contributed by atoms with Crippen molar-refractivity contribution in [3.63, 3.8) is 0 Å². The first kappa shape index (κ1) is 15.8. The number of allylic oxidation sites excluding steroid dienone is 3. The van der Waals surface area contributed by atoms with Gasteiger partial charge in [0.05, 0.1) is 5.71 Å². The summed E-state index contributed by atoms with van der Waals surface area (Å²) in [5, 5.41) is 3.89. The zero-order valence-electron chi connectivity index (χ0n) is 12.7. The van der Waals surface area contributed by atoms with E-state index in [2.05, 4.69) is 46.1 Å². The number of benzene rings is 1. The molecule has 0 unspecified atom stereocenters. The van der Waals surface area contributed by atoms with Gasteiger partial charge in [-0.1, -0.05) is 30.3 Å². The van der Waals surface area contributed by atoms with E-state index in [-0.39, 0.29) is 0 Å². The molecule has 1 fully saturated rings. The van der Waals surface area contributed by atoms with Crippen molar-refractivity contribution < 1.29 is 0 Å². The molecule has 0 amide bonds. The van der Waals surface area contributed by atoms with E-state index in [4.69, 9.17) is 11.6 Å². The third-order valence-electron chi connectivity index (χ3n) is 3.57. The number of aliphatic imine (C=N–C) groups is 1. The van der Waals surface area contributed by atoms with E-state index >= 15 is 0 Å². The molecule has 1 saturated heterocycles. The molecule has 0 bridgehead atoms. The van der Waals surface area contributed by atoms with Crippen LogP contribution in [0.25, 0.3) is 0 Å². The van der Waals surface area contributed by atoms with Gasteiger partial charge in [-0.25, -0.2) is 0 Å². The maximum Gasteiger partial charge on any atom is 0.0673 e. The zero-order valence-corrected chi connectivity index (χ0v) is 13.5. The lowest BCUT2D eigenvalue weighted by molar-refractivity contribution is 0.589. The topological polar surface area (TPSA) is 27.6 Å². The molecule has 4 heteroatoms. The summed E-state index contributed by atoms with van der Waals surface area (Å²) in [6, 6.07) is 8.52. The minimum atomic E-state index is 0.520. The molecule has 0 aliphatic carbocycles. The number of piperazine rings is 1. The molecule has 112 valence electrons. The lowest BCUT2D eigenvalue weighted by atomic mass is 10.0. The first-order valence-electron chi connectivity index (χ1n) is 7.18. The lowest BCUT2D eigenvalue weighted by Gasteiger charge is -2.29. The normalized spacial score (nSPS) is 17.0. The van der Waals surface area contributed by atoms with Crippen molar-refractivity contribution >= 4 is 23.0 Å². The highest BCUT2D eigenvalue weighted by atomic mass is 35.5. The fourth-order valence-electron chi connectivity index (χ4n) is 2.61. The van der Waals surface area contributed by atoms with Crippen LogP contribution >= 0.6 is 11.6 Å². The summed E-state index contributed by atoms with van der Waals surface area (Å²) in [4.78, 5) is 6.81. The quantitative estimate of drug-likeness (QED) is 0.683. The molecular weight excluding hydrogens is 282 g/mol. The highest BCUT2D eigenvalue weighted by Gasteiger charge is 2.12. The molecule has 1 aliphatic rings. The van der Waals surface area contributed by atoms with Crippen LogP contribution in [0.3, 0.4) is 0 Å². The molecular formula is C17H22ClN3. The number of nitrogens with one attached hydrogen (secondary N) is 1. The van der Waals surface area contributed by atoms with E-state index in [1.165, 1.54) is 5.69 Å². The van der Waals surface area contributed by atoms with Crippen LogP contribution in [0.5, 0.6) is 0 Å². The van der Waals surface area contributed by atoms with Crippen LogP contribution in [-0.2, 0) is 0 Å². The maximum atomic E-state index is 5.87. The monoisotopic (exact) mass is 303 g/mol. The lowest BCUT2D eigenvalue weighted by Crippen LogP contribution is -2.43. The molecule has 1 aliphatic heterocycles. The van der Waals surface area contributed by atoms with E-state index < -0.39 is 0 Å². The molecule has 0 atom stereocenters. The Morgan fingerprint density at radius 1 is 1.38 bits per heavy atom. The number of halogens is 1. The van der Waals surface area contributed by atoms with Crippen molar-refractivity contribution in [2.45, 2.75) is 6.92 Å². The second kappa shape index (κ2) is 7.43. The third kappa shape index (κ3) is 4.19. The van der Waals surface area contributed by atoms with Crippen molar-refractivity contribution in [1.29, 1.82) is 0 Å². The Balaban J connectivity index is 2.29. The average molecular weight is 304 g/mol. The van der Waals surface area contributed by atoms with Crippen molar-refractivity contribution in [2.75, 3.05) is 38.1 Å². The minimum Gasteiger partial charge on any atom is -0.369 e. The Kier molecular flexibility index (Phi) is 5.59. The SMILES string of the molecule is C=C(Cl)/C=C(\C)C(=NC)c1cccc(N2CCNCC2)c1. The Morgan fingerprint density at radius 3 is 2.71 bits per heavy atom. The standard InChI is InChI=1S/C17H22ClN3/c1-13(11-14(2)18)17(19-3)15-5-4-6-16(12-15)21-9-7-20-8-10-21/h4-6,11-12,20H,2,7-10H2,1,3H3/b13-11+,19-17?. The summed E-state index contributed by atoms with van der Waals surface area (Å²) in [7, 11) is 1.81. The highest BCUT2D eigenvalue weighted by Crippen LogP contribution is 2.20. The molecule has 0 saturated carbocycles. The zero-order chi connectivity index (χ0) is 15.2. The molecule has 1 N–H and O–H groups in total. The third-order valence-corrected chi connectivity index (χ3v) is 3.68. The van der Waals surface area contributed by atoms with Gasteiger partial charge >= 0.3 is 0 Å². The van der Waals surface area contributed by atoms with Gasteiger partial charge in [0.2, 0.25) is 0 Å². The van der Waals surface area contributed by atoms with Gasteiger partial charge in [0, 0.05) is 49.5 Å². The second-order valence-corrected chi connectivity index (χ2v) is 5.62. The van der Waals surface area contributed by atoms with Gasteiger partial charge in [0.25, 0.3) is 0 Å². The Labute approximate surface area is 132 Å². The van der Waals surface area contributed by atoms with E-state index in [9.17, 15) is 0 Å². The fraction of sp³-hybridized carbons (Fsp3) is 0.353. The molecule has 0 spiro atoms. The predicted molar refractivity (Wildman–Crippen MR) is 92.7 cm³/mol. The van der Waals surface area contributed by atoms with Crippen molar-refractivity contribution in [1.82, 2.24) is 5.32 Å². The van der Waals surface area contributed by atoms with Gasteiger partial charge in [-0.15, -0.1) is 0 Å². The predicted octanol–water partition coefficient (Wildman–Crippen LogP) is 3.21. The summed E-state index contributed by atoms with van der Waals surface area (Å²) < 4.78 is 0. The van der Waals surface area contributed by atoms with Gasteiger partial charge in [-0.3, -0.25) is 4.99 Å². The van der Waals surface area contributed by atoms with Gasteiger partial charge in [0.1, 0.15) is 0 Å². The van der Waals surface area contributed by atoms with Crippen LogP contribution in [-0.4, -0.2) is 38.9 Å². The molecule has 0 radical (unpaired) electrons. The summed E-state index contributed by atoms with van der Waals surface area (Å²) >= 11 is 5.87. The van der Waals surface area contributed by atoms with Crippen molar-refractivity contribution in [3.05, 3.63) is 53.1 Å². The number of rotatable bonds is 4. The van der Waals surface area contributed by atoms with Gasteiger partial charge in [-0.05, 0) is 30.7 Å². The molecule has 0 aromatic heterocycles. The molecule has 21 heavy (non-hydrogen) atoms. The second-order valence-electron chi connectivity index (χ2n) is 5.13. The summed E-state index contributed by atoms with van der Waals surface area (Å²) in [6.07, 6.45) is 1.85. The highest BCUT2D eigenvalue weighted by molar-refractivity contribution is 6.31. The average Bonchev–Trinajstić information content (AvgIpc) is 2.48. The Hall–Kier alpha value is -1.58. The number of anilines is 1. The van der Waals surface area contributed by atoms with Crippen molar-refractivity contribution in [3.8, 4) is 0 Å². The fourth-order valence-corrected chi connectivity index (χ4v) is 2.77. The number of hydrogen-bond acceptors (Lipinski definition) is 3. The Morgan fingerprint density at radius 2 is 2.10 bits per heavy atom. The van der Waals surface area contributed by atoms with Crippen LogP contribution in [0.4, 0.5) is 5.69 Å². The molecule has 2 rings (SSSR count).